The Morgan fingerprint density at radius 1 is 0.846 bits per heavy atom. The molecule has 0 aliphatic heterocycles. The van der Waals surface area contributed by atoms with Crippen molar-refractivity contribution in [3.8, 4) is 21.7 Å². The molecule has 1 radical (unpaired) electrons. The fourth-order valence-corrected chi connectivity index (χ4v) is 10.9. The number of rotatable bonds is 11. The normalized spacial score (nSPS) is 12.1. The molecule has 0 amide bonds. The molecule has 0 bridgehead atoms. The van der Waals surface area contributed by atoms with Crippen LogP contribution in [-0.2, 0) is 24.9 Å². The predicted octanol–water partition coefficient (Wildman–Crippen LogP) is 13.4. The number of ketones is 1. The van der Waals surface area contributed by atoms with Crippen LogP contribution in [0.2, 0.25) is 17.3 Å². The van der Waals surface area contributed by atoms with E-state index in [1.54, 1.807) is 4.40 Å². The molecule has 0 aliphatic carbocycles. The summed E-state index contributed by atoms with van der Waals surface area (Å²) in [5.41, 5.74) is 10.2. The molecule has 1 N–H and O–H groups in total. The third-order valence-electron chi connectivity index (χ3n) is 10.7. The van der Waals surface area contributed by atoms with E-state index in [-0.39, 0.29) is 43.5 Å². The Kier molecular flexibility index (Phi) is 15.7. The molecule has 3 aromatic carbocycles. The number of benzene rings is 3. The van der Waals surface area contributed by atoms with Gasteiger partial charge in [-0.3, -0.25) is 4.79 Å². The van der Waals surface area contributed by atoms with E-state index in [1.807, 2.05) is 45.2 Å². The van der Waals surface area contributed by atoms with Gasteiger partial charge in [0, 0.05) is 38.0 Å². The Hall–Kier alpha value is -2.57. The van der Waals surface area contributed by atoms with Gasteiger partial charge in [0.25, 0.3) is 0 Å². The maximum absolute atomic E-state index is 11.7. The van der Waals surface area contributed by atoms with Crippen LogP contribution < -0.4 is 4.40 Å². The molecule has 0 fully saturated rings. The number of pyridine rings is 1. The fraction of sp³-hybridized carbons (Fsp3) is 0.435. The molecule has 5 aromatic rings. The van der Waals surface area contributed by atoms with Crippen molar-refractivity contribution < 1.29 is 30.0 Å². The Bertz CT molecular complexity index is 2040. The van der Waals surface area contributed by atoms with E-state index < -0.39 is 13.3 Å². The van der Waals surface area contributed by atoms with Crippen molar-refractivity contribution >= 4 is 55.6 Å². The Morgan fingerprint density at radius 2 is 1.46 bits per heavy atom. The number of allylic oxidation sites excluding steroid dienone is 2. The van der Waals surface area contributed by atoms with E-state index in [9.17, 15) is 9.90 Å². The van der Waals surface area contributed by atoms with E-state index in [4.69, 9.17) is 4.98 Å². The van der Waals surface area contributed by atoms with Crippen LogP contribution in [0.4, 0.5) is 0 Å². The van der Waals surface area contributed by atoms with Gasteiger partial charge in [-0.2, -0.15) is 0 Å². The van der Waals surface area contributed by atoms with Crippen molar-refractivity contribution in [3.05, 3.63) is 94.4 Å². The first-order valence-corrected chi connectivity index (χ1v) is 27.1. The number of aliphatic hydroxyl groups is 1. The molecule has 3 nitrogen and oxygen atoms in total. The van der Waals surface area contributed by atoms with Gasteiger partial charge in [0.1, 0.15) is 0 Å². The number of carbonyl (C=O) groups excluding carboxylic acids is 1. The van der Waals surface area contributed by atoms with Gasteiger partial charge in [0.2, 0.25) is 0 Å². The molecule has 0 saturated carbocycles. The van der Waals surface area contributed by atoms with Crippen LogP contribution in [-0.4, -0.2) is 29.1 Å². The van der Waals surface area contributed by atoms with Gasteiger partial charge in [0.15, 0.2) is 5.78 Å². The summed E-state index contributed by atoms with van der Waals surface area (Å²) in [5, 5.41) is 13.6. The van der Waals surface area contributed by atoms with Crippen molar-refractivity contribution in [2.45, 2.75) is 118 Å². The second-order valence-electron chi connectivity index (χ2n) is 15.6. The average molecular weight is 956 g/mol. The number of aromatic nitrogens is 1. The first-order valence-electron chi connectivity index (χ1n) is 19.0. The second kappa shape index (κ2) is 18.7. The van der Waals surface area contributed by atoms with Crippen molar-refractivity contribution in [1.82, 2.24) is 4.98 Å². The molecule has 281 valence electrons. The molecule has 0 saturated heterocycles. The van der Waals surface area contributed by atoms with E-state index in [0.29, 0.717) is 5.92 Å². The zero-order valence-electron chi connectivity index (χ0n) is 33.8. The van der Waals surface area contributed by atoms with Gasteiger partial charge >= 0.3 is 179 Å². The molecular weight excluding hydrogens is 895 g/mol. The second-order valence-corrected chi connectivity index (χ2v) is 27.3. The number of nitrogens with zero attached hydrogens (tertiary/aromatic N) is 1. The van der Waals surface area contributed by atoms with Crippen molar-refractivity contribution in [2.75, 3.05) is 0 Å². The molecule has 0 unspecified atom stereocenters. The molecule has 2 aromatic heterocycles. The van der Waals surface area contributed by atoms with Crippen LogP contribution in [0, 0.1) is 45.6 Å². The summed E-state index contributed by atoms with van der Waals surface area (Å²) in [7, 11) is 0. The van der Waals surface area contributed by atoms with Crippen LogP contribution in [0.15, 0.2) is 60.5 Å². The molecule has 6 heteroatoms. The van der Waals surface area contributed by atoms with E-state index >= 15 is 0 Å². The Balaban J connectivity index is 0.000000389. The summed E-state index contributed by atoms with van der Waals surface area (Å²) in [6.45, 7) is 21.6. The summed E-state index contributed by atoms with van der Waals surface area (Å²) >= 11 is 0.0203. The van der Waals surface area contributed by atoms with Gasteiger partial charge in [-0.1, -0.05) is 58.7 Å². The molecule has 0 spiro atoms. The first-order chi connectivity index (χ1) is 24.1. The summed E-state index contributed by atoms with van der Waals surface area (Å²) in [5.74, 6) is 8.37. The summed E-state index contributed by atoms with van der Waals surface area (Å²) in [4.78, 5) is 18.0. The minimum Gasteiger partial charge on any atom is -0.0860 e. The number of hydrogen-bond donors (Lipinski definition) is 1. The number of fused-ring (bicyclic) bond motifs is 2. The van der Waals surface area contributed by atoms with Gasteiger partial charge in [-0.05, 0) is 39.5 Å². The van der Waals surface area contributed by atoms with Gasteiger partial charge in [0.05, 0.1) is 5.76 Å². The van der Waals surface area contributed by atoms with E-state index in [2.05, 4.69) is 107 Å². The van der Waals surface area contributed by atoms with Crippen molar-refractivity contribution in [2.24, 2.45) is 11.8 Å². The molecular formula is C46H60GeIrNO2S-. The minimum absolute atomic E-state index is 0. The Morgan fingerprint density at radius 3 is 2.02 bits per heavy atom. The minimum atomic E-state index is -1.86. The smallest absolute Gasteiger partial charge is 0.0860 e. The zero-order valence-corrected chi connectivity index (χ0v) is 39.1. The molecule has 0 aliphatic rings. The molecule has 5 rings (SSSR count). The monoisotopic (exact) mass is 957 g/mol. The third kappa shape index (κ3) is 9.75. The SMILES string of the molecule is CCC(CC)C(=O)/C=C(\O)C(CC)CC.Cc1cc2[c-]c(-c3nccc4c(C)c(-c5cc[c]([Ge]([CH3])([CH3])[CH3])cc5C)sc34)cc(C(C)C)c2cc1C.[Ir]. The van der Waals surface area contributed by atoms with Crippen LogP contribution in [0.5, 0.6) is 0 Å². The van der Waals surface area contributed by atoms with E-state index in [1.165, 1.54) is 65.2 Å². The maximum atomic E-state index is 11.7. The number of hydrogen-bond acceptors (Lipinski definition) is 4. The number of aliphatic hydroxyl groups excluding tert-OH is 1. The number of aryl methyl sites for hydroxylation is 4. The molecule has 0 atom stereocenters. The van der Waals surface area contributed by atoms with Crippen LogP contribution in [0.3, 0.4) is 0 Å². The standard InChI is InChI=1S/C33H36GeNS.C13H24O2.Ir/c1-19(2)29-18-25(17-24-14-20(3)21(4)16-30(24)29)31-33-28(12-13-35-31)23(6)32(36-33)27-11-10-26(15-22(27)5)34(7,8)9;1-5-10(6-2)12(14)9-13(15)11(7-3)8-4;/h10-16,18-19H,1-9H3;9-11,14H,5-8H2,1-4H3;/q-1;;/b;12-9-;. The van der Waals surface area contributed by atoms with Gasteiger partial charge < -0.3 is 5.11 Å². The summed E-state index contributed by atoms with van der Waals surface area (Å²) in [6.07, 6.45) is 6.88. The molecule has 52 heavy (non-hydrogen) atoms. The zero-order chi connectivity index (χ0) is 37.8. The third-order valence-corrected chi connectivity index (χ3v) is 16.3. The number of thiophene rings is 1. The first kappa shape index (κ1) is 43.8. The van der Waals surface area contributed by atoms with Crippen molar-refractivity contribution in [1.29, 1.82) is 0 Å². The van der Waals surface area contributed by atoms with Gasteiger partial charge in [-0.15, -0.1) is 0 Å². The summed E-state index contributed by atoms with van der Waals surface area (Å²) < 4.78 is 2.82. The number of carbonyl (C=O) groups is 1. The predicted molar refractivity (Wildman–Crippen MR) is 227 cm³/mol. The van der Waals surface area contributed by atoms with Crippen LogP contribution in [0.1, 0.15) is 101 Å². The van der Waals surface area contributed by atoms with Crippen LogP contribution >= 0.6 is 11.3 Å². The fourth-order valence-electron chi connectivity index (χ4n) is 6.94. The van der Waals surface area contributed by atoms with Crippen LogP contribution in [0.25, 0.3) is 42.6 Å². The average Bonchev–Trinajstić information content (AvgIpc) is 3.41. The summed E-state index contributed by atoms with van der Waals surface area (Å²) in [6, 6.07) is 20.1. The Labute approximate surface area is 334 Å². The van der Waals surface area contributed by atoms with E-state index in [0.717, 1.165) is 36.9 Å². The molecule has 2 heterocycles. The van der Waals surface area contributed by atoms with Gasteiger partial charge in [-0.25, -0.2) is 0 Å². The quantitative estimate of drug-likeness (QED) is 0.0621. The van der Waals surface area contributed by atoms with Crippen molar-refractivity contribution in [3.63, 3.8) is 0 Å². The topological polar surface area (TPSA) is 50.2 Å².